The van der Waals surface area contributed by atoms with E-state index in [2.05, 4.69) is 31.2 Å². The number of alkyl halides is 3. The van der Waals surface area contributed by atoms with Crippen molar-refractivity contribution in [3.63, 3.8) is 0 Å². The summed E-state index contributed by atoms with van der Waals surface area (Å²) in [5.41, 5.74) is 4.56. The molecule has 4 aromatic rings. The van der Waals surface area contributed by atoms with Gasteiger partial charge in [-0.3, -0.25) is 9.59 Å². The molecule has 0 aliphatic carbocycles. The van der Waals surface area contributed by atoms with Crippen LogP contribution < -0.4 is 20.5 Å². The lowest BCUT2D eigenvalue weighted by atomic mass is 9.82. The number of hydrogen-bond acceptors (Lipinski definition) is 6. The molecule has 44 heavy (non-hydrogen) atoms. The summed E-state index contributed by atoms with van der Waals surface area (Å²) in [4.78, 5) is 34.3. The van der Waals surface area contributed by atoms with Crippen molar-refractivity contribution >= 4 is 50.2 Å². The number of hydrogen-bond donors (Lipinski definition) is 2. The van der Waals surface area contributed by atoms with E-state index < -0.39 is 52.4 Å². The summed E-state index contributed by atoms with van der Waals surface area (Å²) in [6.07, 6.45) is -4.91. The van der Waals surface area contributed by atoms with Crippen LogP contribution in [0, 0.1) is 12.7 Å². The van der Waals surface area contributed by atoms with Crippen molar-refractivity contribution < 1.29 is 36.6 Å². The maximum absolute atomic E-state index is 14.6. The van der Waals surface area contributed by atoms with Gasteiger partial charge in [0.2, 0.25) is 5.91 Å². The van der Waals surface area contributed by atoms with Crippen LogP contribution >= 0.6 is 27.5 Å². The van der Waals surface area contributed by atoms with E-state index >= 15 is 0 Å². The molecule has 0 spiro atoms. The summed E-state index contributed by atoms with van der Waals surface area (Å²) < 4.78 is 70.0. The predicted molar refractivity (Wildman–Crippen MR) is 159 cm³/mol. The molecule has 230 valence electrons. The number of nitrogens with one attached hydrogen (secondary N) is 1. The SMILES string of the molecule is COc1cc(C(=O)NC[C@H](c2cc3c(c(-c4cccc(F)c4Cl)n2)OC[C@]3(C)C(N)=O)C(F)(F)F)cc2cc(Br)c(C)nc12. The average molecular weight is 696 g/mol. The molecule has 0 bridgehead atoms. The third-order valence-corrected chi connectivity index (χ3v) is 8.74. The molecule has 2 amide bonds. The molecule has 0 saturated heterocycles. The summed E-state index contributed by atoms with van der Waals surface area (Å²) in [6.45, 7) is 2.01. The fourth-order valence-corrected chi connectivity index (χ4v) is 5.50. The smallest absolute Gasteiger partial charge is 0.398 e. The highest BCUT2D eigenvalue weighted by Crippen LogP contribution is 2.48. The standard InChI is InChI=1S/C30H24BrClF4N4O4/c1-13-19(31)8-14-7-15(9-22(43-3)24(14)39-13)27(41)38-11-18(30(34,35)36)21-10-17-26(44-12-29(17,2)28(37)42)25(40-21)16-5-4-6-20(33)23(16)32/h4-10,18H,11-12H2,1-3H3,(H2,37,42)(H,38,41)/t18-,29+/m1/s1. The maximum Gasteiger partial charge on any atom is 0.398 e. The number of methoxy groups -OCH3 is 1. The maximum atomic E-state index is 14.6. The first-order valence-corrected chi connectivity index (χ1v) is 14.2. The van der Waals surface area contributed by atoms with Gasteiger partial charge >= 0.3 is 6.18 Å². The Balaban J connectivity index is 1.57. The second-order valence-electron chi connectivity index (χ2n) is 10.5. The minimum atomic E-state index is -4.91. The normalized spacial score (nSPS) is 16.8. The van der Waals surface area contributed by atoms with Gasteiger partial charge in [-0.25, -0.2) is 14.4 Å². The van der Waals surface area contributed by atoms with Crippen LogP contribution in [0.15, 0.2) is 46.9 Å². The van der Waals surface area contributed by atoms with Crippen LogP contribution in [-0.4, -0.2) is 48.2 Å². The number of ether oxygens (including phenoxy) is 2. The summed E-state index contributed by atoms with van der Waals surface area (Å²) in [6, 6.07) is 9.44. The fourth-order valence-electron chi connectivity index (χ4n) is 4.95. The summed E-state index contributed by atoms with van der Waals surface area (Å²) in [5.74, 6) is -4.60. The summed E-state index contributed by atoms with van der Waals surface area (Å²) in [5, 5.41) is 2.48. The van der Waals surface area contributed by atoms with Crippen LogP contribution in [0.1, 0.15) is 40.2 Å². The lowest BCUT2D eigenvalue weighted by molar-refractivity contribution is -0.149. The van der Waals surface area contributed by atoms with Gasteiger partial charge in [-0.1, -0.05) is 23.7 Å². The van der Waals surface area contributed by atoms with Crippen molar-refractivity contribution in [2.75, 3.05) is 20.3 Å². The molecule has 3 heterocycles. The molecule has 14 heteroatoms. The molecule has 2 aromatic carbocycles. The Kier molecular flexibility index (Phi) is 8.23. The first kappa shape index (κ1) is 31.5. The van der Waals surface area contributed by atoms with Gasteiger partial charge < -0.3 is 20.5 Å². The lowest BCUT2D eigenvalue weighted by Gasteiger charge is -2.24. The third-order valence-electron chi connectivity index (χ3n) is 7.56. The zero-order valence-corrected chi connectivity index (χ0v) is 25.7. The van der Waals surface area contributed by atoms with E-state index in [0.717, 1.165) is 12.1 Å². The van der Waals surface area contributed by atoms with E-state index in [1.54, 1.807) is 13.0 Å². The molecule has 0 saturated carbocycles. The number of carbonyl (C=O) groups excluding carboxylic acids is 2. The van der Waals surface area contributed by atoms with Crippen molar-refractivity contribution in [2.45, 2.75) is 31.4 Å². The highest BCUT2D eigenvalue weighted by Gasteiger charge is 2.47. The average Bonchev–Trinajstić information content (AvgIpc) is 3.31. The van der Waals surface area contributed by atoms with E-state index in [-0.39, 0.29) is 40.5 Å². The second kappa shape index (κ2) is 11.5. The van der Waals surface area contributed by atoms with Crippen molar-refractivity contribution in [3.8, 4) is 22.8 Å². The van der Waals surface area contributed by atoms with Gasteiger partial charge in [0.05, 0.1) is 23.5 Å². The molecule has 8 nitrogen and oxygen atoms in total. The monoisotopic (exact) mass is 694 g/mol. The van der Waals surface area contributed by atoms with E-state index in [9.17, 15) is 27.2 Å². The fraction of sp³-hybridized carbons (Fsp3) is 0.267. The first-order chi connectivity index (χ1) is 20.6. The zero-order chi connectivity index (χ0) is 32.1. The van der Waals surface area contributed by atoms with Gasteiger partial charge in [-0.05, 0) is 60.1 Å². The van der Waals surface area contributed by atoms with Gasteiger partial charge in [-0.2, -0.15) is 13.2 Å². The molecular weight excluding hydrogens is 672 g/mol. The Bertz CT molecular complexity index is 1840. The Morgan fingerprint density at radius 1 is 1.23 bits per heavy atom. The Morgan fingerprint density at radius 3 is 2.61 bits per heavy atom. The van der Waals surface area contributed by atoms with Crippen molar-refractivity contribution in [1.82, 2.24) is 15.3 Å². The van der Waals surface area contributed by atoms with E-state index in [0.29, 0.717) is 21.1 Å². The highest BCUT2D eigenvalue weighted by atomic mass is 79.9. The molecule has 0 unspecified atom stereocenters. The number of rotatable bonds is 7. The minimum Gasteiger partial charge on any atom is -0.494 e. The van der Waals surface area contributed by atoms with Crippen LogP contribution in [-0.2, 0) is 10.2 Å². The largest absolute Gasteiger partial charge is 0.494 e. The molecule has 2 aromatic heterocycles. The third kappa shape index (κ3) is 5.54. The number of amides is 2. The van der Waals surface area contributed by atoms with Gasteiger partial charge in [0, 0.05) is 33.1 Å². The number of halogens is 6. The molecule has 2 atom stereocenters. The number of primary amides is 1. The topological polar surface area (TPSA) is 116 Å². The van der Waals surface area contributed by atoms with E-state index in [1.807, 2.05) is 0 Å². The number of nitrogens with two attached hydrogens (primary N) is 1. The van der Waals surface area contributed by atoms with E-state index in [4.69, 9.17) is 26.8 Å². The van der Waals surface area contributed by atoms with Gasteiger partial charge in [0.15, 0.2) is 0 Å². The number of nitrogens with zero attached hydrogens (tertiary/aromatic N) is 2. The Labute approximate surface area is 262 Å². The number of carbonyl (C=O) groups is 2. The summed E-state index contributed by atoms with van der Waals surface area (Å²) >= 11 is 9.57. The van der Waals surface area contributed by atoms with Crippen molar-refractivity contribution in [3.05, 3.63) is 80.3 Å². The van der Waals surface area contributed by atoms with Crippen LogP contribution in [0.2, 0.25) is 5.02 Å². The predicted octanol–water partition coefficient (Wildman–Crippen LogP) is 6.38. The molecule has 3 N–H and O–H groups in total. The lowest BCUT2D eigenvalue weighted by Crippen LogP contribution is -2.40. The molecule has 0 fully saturated rings. The quantitative estimate of drug-likeness (QED) is 0.217. The molecule has 0 radical (unpaired) electrons. The second-order valence-corrected chi connectivity index (χ2v) is 11.7. The number of fused-ring (bicyclic) bond motifs is 2. The van der Waals surface area contributed by atoms with Gasteiger partial charge in [0.25, 0.3) is 5.91 Å². The number of aryl methyl sites for hydroxylation is 1. The van der Waals surface area contributed by atoms with Gasteiger partial charge in [0.1, 0.15) is 46.5 Å². The number of pyridine rings is 2. The Hall–Kier alpha value is -3.97. The molecular formula is C30H24BrClF4N4O4. The molecule has 1 aliphatic rings. The van der Waals surface area contributed by atoms with Crippen molar-refractivity contribution in [1.29, 1.82) is 0 Å². The van der Waals surface area contributed by atoms with E-state index in [1.165, 1.54) is 38.3 Å². The minimum absolute atomic E-state index is 0.0363. The van der Waals surface area contributed by atoms with Crippen LogP contribution in [0.25, 0.3) is 22.2 Å². The van der Waals surface area contributed by atoms with Crippen LogP contribution in [0.5, 0.6) is 11.5 Å². The zero-order valence-electron chi connectivity index (χ0n) is 23.4. The highest BCUT2D eigenvalue weighted by molar-refractivity contribution is 9.10. The number of aromatic nitrogens is 2. The first-order valence-electron chi connectivity index (χ1n) is 13.1. The van der Waals surface area contributed by atoms with Crippen LogP contribution in [0.4, 0.5) is 17.6 Å². The number of benzene rings is 2. The van der Waals surface area contributed by atoms with Crippen molar-refractivity contribution in [2.24, 2.45) is 5.73 Å². The Morgan fingerprint density at radius 2 is 1.95 bits per heavy atom. The summed E-state index contributed by atoms with van der Waals surface area (Å²) in [7, 11) is 1.39. The molecule has 1 aliphatic heterocycles. The molecule has 5 rings (SSSR count). The van der Waals surface area contributed by atoms with Crippen LogP contribution in [0.3, 0.4) is 0 Å². The van der Waals surface area contributed by atoms with Gasteiger partial charge in [-0.15, -0.1) is 0 Å².